The predicted octanol–water partition coefficient (Wildman–Crippen LogP) is 2.78. The fraction of sp³-hybridized carbons (Fsp3) is 0.588. The number of carbonyl (C=O) groups is 1. The Morgan fingerprint density at radius 2 is 2.19 bits per heavy atom. The molecule has 3 rings (SSSR count). The molecule has 114 valence electrons. The Bertz CT molecular complexity index is 524. The second-order valence-corrected chi connectivity index (χ2v) is 6.22. The Labute approximate surface area is 126 Å². The molecule has 4 heteroatoms. The monoisotopic (exact) mass is 288 g/mol. The van der Waals surface area contributed by atoms with Crippen LogP contribution in [0.3, 0.4) is 0 Å². The fourth-order valence-electron chi connectivity index (χ4n) is 3.37. The Kier molecular flexibility index (Phi) is 4.27. The van der Waals surface area contributed by atoms with E-state index >= 15 is 0 Å². The van der Waals surface area contributed by atoms with Gasteiger partial charge < -0.3 is 15.8 Å². The molecular formula is C17H24N2O2. The maximum absolute atomic E-state index is 11.4. The van der Waals surface area contributed by atoms with Crippen molar-refractivity contribution in [3.05, 3.63) is 29.3 Å². The molecular weight excluding hydrogens is 264 g/mol. The molecule has 1 atom stereocenters. The summed E-state index contributed by atoms with van der Waals surface area (Å²) >= 11 is 0. The lowest BCUT2D eigenvalue weighted by molar-refractivity contribution is -0.116. The Hall–Kier alpha value is -1.39. The Morgan fingerprint density at radius 1 is 1.38 bits per heavy atom. The van der Waals surface area contributed by atoms with Gasteiger partial charge in [0.2, 0.25) is 5.91 Å². The molecule has 0 aromatic heterocycles. The summed E-state index contributed by atoms with van der Waals surface area (Å²) in [5.74, 6) is 0.795. The lowest BCUT2D eigenvalue weighted by Gasteiger charge is -2.36. The number of carbonyl (C=O) groups excluding carboxylic acids is 1. The van der Waals surface area contributed by atoms with Gasteiger partial charge in [0.25, 0.3) is 0 Å². The van der Waals surface area contributed by atoms with E-state index in [-0.39, 0.29) is 11.9 Å². The van der Waals surface area contributed by atoms with E-state index in [9.17, 15) is 4.79 Å². The Morgan fingerprint density at radius 3 is 2.95 bits per heavy atom. The van der Waals surface area contributed by atoms with Crippen LogP contribution in [0.2, 0.25) is 0 Å². The van der Waals surface area contributed by atoms with Gasteiger partial charge in [0.05, 0.1) is 6.10 Å². The molecule has 1 saturated carbocycles. The molecule has 1 aromatic rings. The summed E-state index contributed by atoms with van der Waals surface area (Å²) in [5.41, 5.74) is 9.70. The van der Waals surface area contributed by atoms with Crippen molar-refractivity contribution in [3.8, 4) is 0 Å². The van der Waals surface area contributed by atoms with Crippen LogP contribution in [0.4, 0.5) is 5.69 Å². The minimum Gasteiger partial charge on any atom is -0.378 e. The molecule has 1 aliphatic heterocycles. The largest absolute Gasteiger partial charge is 0.378 e. The van der Waals surface area contributed by atoms with E-state index in [2.05, 4.69) is 11.4 Å². The quantitative estimate of drug-likeness (QED) is 0.875. The molecule has 0 radical (unpaired) electrons. The van der Waals surface area contributed by atoms with Crippen molar-refractivity contribution in [1.29, 1.82) is 0 Å². The maximum atomic E-state index is 11.4. The van der Waals surface area contributed by atoms with Gasteiger partial charge >= 0.3 is 0 Å². The van der Waals surface area contributed by atoms with Crippen molar-refractivity contribution in [2.75, 3.05) is 11.9 Å². The molecule has 1 heterocycles. The van der Waals surface area contributed by atoms with E-state index in [1.54, 1.807) is 0 Å². The third-order valence-corrected chi connectivity index (χ3v) is 4.64. The summed E-state index contributed by atoms with van der Waals surface area (Å²) < 4.78 is 5.60. The molecule has 0 spiro atoms. The summed E-state index contributed by atoms with van der Waals surface area (Å²) in [4.78, 5) is 11.4. The first-order valence-electron chi connectivity index (χ1n) is 7.95. The van der Waals surface area contributed by atoms with Gasteiger partial charge in [-0.25, -0.2) is 0 Å². The van der Waals surface area contributed by atoms with Crippen molar-refractivity contribution in [2.24, 2.45) is 11.7 Å². The summed E-state index contributed by atoms with van der Waals surface area (Å²) in [7, 11) is 0. The van der Waals surface area contributed by atoms with E-state index < -0.39 is 0 Å². The third kappa shape index (κ3) is 3.27. The van der Waals surface area contributed by atoms with Gasteiger partial charge in [0.15, 0.2) is 0 Å². The molecule has 1 aromatic carbocycles. The van der Waals surface area contributed by atoms with Crippen LogP contribution >= 0.6 is 0 Å². The van der Waals surface area contributed by atoms with Crippen molar-refractivity contribution in [1.82, 2.24) is 0 Å². The highest BCUT2D eigenvalue weighted by molar-refractivity contribution is 5.93. The van der Waals surface area contributed by atoms with Crippen molar-refractivity contribution in [2.45, 2.75) is 51.2 Å². The van der Waals surface area contributed by atoms with E-state index in [0.717, 1.165) is 38.0 Å². The number of rotatable bonds is 5. The van der Waals surface area contributed by atoms with Crippen LogP contribution < -0.4 is 11.1 Å². The zero-order chi connectivity index (χ0) is 14.8. The fourth-order valence-corrected chi connectivity index (χ4v) is 3.37. The van der Waals surface area contributed by atoms with Crippen LogP contribution in [0.1, 0.15) is 49.8 Å². The maximum Gasteiger partial charge on any atom is 0.224 e. The minimum atomic E-state index is 0.0838. The number of nitrogens with one attached hydrogen (secondary N) is 1. The zero-order valence-electron chi connectivity index (χ0n) is 12.6. The van der Waals surface area contributed by atoms with Crippen molar-refractivity contribution >= 4 is 11.6 Å². The molecule has 1 fully saturated rings. The number of fused-ring (bicyclic) bond motifs is 1. The van der Waals surface area contributed by atoms with Crippen molar-refractivity contribution in [3.63, 3.8) is 0 Å². The van der Waals surface area contributed by atoms with Gasteiger partial charge in [-0.05, 0) is 55.7 Å². The van der Waals surface area contributed by atoms with Gasteiger partial charge in [-0.1, -0.05) is 12.1 Å². The topological polar surface area (TPSA) is 64.3 Å². The normalized spacial score (nSPS) is 25.7. The SMILES string of the molecule is CCOC1CC(CC(N)c2ccc3c(c2)CCC(=O)N3)C1. The second kappa shape index (κ2) is 6.16. The first kappa shape index (κ1) is 14.5. The summed E-state index contributed by atoms with van der Waals surface area (Å²) in [6.45, 7) is 2.85. The van der Waals surface area contributed by atoms with Gasteiger partial charge in [-0.2, -0.15) is 0 Å². The molecule has 0 saturated heterocycles. The lowest BCUT2D eigenvalue weighted by atomic mass is 9.77. The van der Waals surface area contributed by atoms with Crippen LogP contribution in [0.25, 0.3) is 0 Å². The van der Waals surface area contributed by atoms with Crippen LogP contribution in [0, 0.1) is 5.92 Å². The van der Waals surface area contributed by atoms with Gasteiger partial charge in [-0.15, -0.1) is 0 Å². The number of ether oxygens (including phenoxy) is 1. The van der Waals surface area contributed by atoms with Crippen LogP contribution in [-0.4, -0.2) is 18.6 Å². The average Bonchev–Trinajstić information content (AvgIpc) is 2.44. The smallest absolute Gasteiger partial charge is 0.224 e. The highest BCUT2D eigenvalue weighted by atomic mass is 16.5. The Balaban J connectivity index is 1.58. The molecule has 1 unspecified atom stereocenters. The molecule has 2 aliphatic rings. The number of benzene rings is 1. The molecule has 1 aliphatic carbocycles. The first-order valence-corrected chi connectivity index (χ1v) is 7.95. The standard InChI is InChI=1S/C17H24N2O2/c1-2-21-14-7-11(8-14)9-15(18)12-3-5-16-13(10-12)4-6-17(20)19-16/h3,5,10-11,14-15H,2,4,6-9,18H2,1H3,(H,19,20). The number of hydrogen-bond acceptors (Lipinski definition) is 3. The predicted molar refractivity (Wildman–Crippen MR) is 83.1 cm³/mol. The highest BCUT2D eigenvalue weighted by Crippen LogP contribution is 2.37. The van der Waals surface area contributed by atoms with Crippen LogP contribution in [-0.2, 0) is 16.0 Å². The number of hydrogen-bond donors (Lipinski definition) is 2. The van der Waals surface area contributed by atoms with Crippen LogP contribution in [0.5, 0.6) is 0 Å². The highest BCUT2D eigenvalue weighted by Gasteiger charge is 2.31. The third-order valence-electron chi connectivity index (χ3n) is 4.64. The minimum absolute atomic E-state index is 0.0838. The van der Waals surface area contributed by atoms with E-state index in [4.69, 9.17) is 10.5 Å². The zero-order valence-corrected chi connectivity index (χ0v) is 12.6. The van der Waals surface area contributed by atoms with Crippen molar-refractivity contribution < 1.29 is 9.53 Å². The summed E-state index contributed by atoms with van der Waals surface area (Å²) in [6, 6.07) is 6.29. The molecule has 1 amide bonds. The first-order chi connectivity index (χ1) is 10.2. The molecule has 21 heavy (non-hydrogen) atoms. The molecule has 3 N–H and O–H groups in total. The van der Waals surface area contributed by atoms with E-state index in [1.165, 1.54) is 11.1 Å². The average molecular weight is 288 g/mol. The van der Waals surface area contributed by atoms with E-state index in [0.29, 0.717) is 18.4 Å². The molecule has 4 nitrogen and oxygen atoms in total. The summed E-state index contributed by atoms with van der Waals surface area (Å²) in [5, 5.41) is 2.91. The molecule has 0 bridgehead atoms. The van der Waals surface area contributed by atoms with Gasteiger partial charge in [0.1, 0.15) is 0 Å². The second-order valence-electron chi connectivity index (χ2n) is 6.22. The number of amides is 1. The summed E-state index contributed by atoms with van der Waals surface area (Å²) in [6.07, 6.45) is 5.15. The van der Waals surface area contributed by atoms with Crippen LogP contribution in [0.15, 0.2) is 18.2 Å². The van der Waals surface area contributed by atoms with E-state index in [1.807, 2.05) is 19.1 Å². The van der Waals surface area contributed by atoms with Gasteiger partial charge in [-0.3, -0.25) is 4.79 Å². The van der Waals surface area contributed by atoms with Gasteiger partial charge in [0, 0.05) is 24.8 Å². The number of anilines is 1. The lowest BCUT2D eigenvalue weighted by Crippen LogP contribution is -2.33. The number of nitrogens with two attached hydrogens (primary N) is 1. The number of aryl methyl sites for hydroxylation is 1.